The van der Waals surface area contributed by atoms with Crippen LogP contribution < -0.4 is 4.74 Å². The highest BCUT2D eigenvalue weighted by atomic mass is 16.5. The number of hydrogen-bond donors (Lipinski definition) is 1. The fraction of sp³-hybridized carbons (Fsp3) is 0.294. The van der Waals surface area contributed by atoms with Gasteiger partial charge in [0.05, 0.1) is 31.1 Å². The first-order valence-corrected chi connectivity index (χ1v) is 7.88. The lowest BCUT2D eigenvalue weighted by Gasteiger charge is -2.19. The van der Waals surface area contributed by atoms with E-state index >= 15 is 0 Å². The zero-order chi connectivity index (χ0) is 17.8. The lowest BCUT2D eigenvalue weighted by atomic mass is 10.1. The molecule has 1 aromatic carbocycles. The normalized spacial score (nSPS) is 10.7. The number of aryl methyl sites for hydroxylation is 1. The highest BCUT2D eigenvalue weighted by Crippen LogP contribution is 2.26. The van der Waals surface area contributed by atoms with Gasteiger partial charge in [0.15, 0.2) is 5.82 Å². The van der Waals surface area contributed by atoms with Crippen LogP contribution in [-0.4, -0.2) is 44.8 Å². The summed E-state index contributed by atoms with van der Waals surface area (Å²) in [5.74, 6) is 1.50. The van der Waals surface area contributed by atoms with Gasteiger partial charge in [0.2, 0.25) is 5.89 Å². The van der Waals surface area contributed by atoms with E-state index in [-0.39, 0.29) is 12.5 Å². The molecule has 1 N–H and O–H groups in total. The van der Waals surface area contributed by atoms with Gasteiger partial charge >= 0.3 is 0 Å². The van der Waals surface area contributed by atoms with Crippen LogP contribution in [0.3, 0.4) is 0 Å². The summed E-state index contributed by atoms with van der Waals surface area (Å²) in [7, 11) is 1.60. The van der Waals surface area contributed by atoms with Crippen LogP contribution >= 0.6 is 0 Å². The Hall–Kier alpha value is -3.16. The number of rotatable bonds is 6. The minimum absolute atomic E-state index is 0.156. The molecule has 3 aromatic rings. The van der Waals surface area contributed by atoms with E-state index in [0.717, 1.165) is 5.56 Å². The van der Waals surface area contributed by atoms with Crippen LogP contribution in [0.15, 0.2) is 35.0 Å². The van der Waals surface area contributed by atoms with Gasteiger partial charge in [-0.15, -0.1) is 0 Å². The molecular weight excluding hydrogens is 322 g/mol. The molecular formula is C17H19N5O3. The Balaban J connectivity index is 1.88. The largest absolute Gasteiger partial charge is 0.497 e. The highest BCUT2D eigenvalue weighted by Gasteiger charge is 2.22. The number of benzene rings is 1. The smallest absolute Gasteiger partial charge is 0.258 e. The first kappa shape index (κ1) is 16.7. The van der Waals surface area contributed by atoms with Crippen LogP contribution in [0.25, 0.3) is 11.3 Å². The summed E-state index contributed by atoms with van der Waals surface area (Å²) < 4.78 is 10.2. The van der Waals surface area contributed by atoms with Gasteiger partial charge in [0, 0.05) is 19.0 Å². The lowest BCUT2D eigenvalue weighted by Crippen LogP contribution is -2.30. The predicted molar refractivity (Wildman–Crippen MR) is 90.0 cm³/mol. The quantitative estimate of drug-likeness (QED) is 0.739. The highest BCUT2D eigenvalue weighted by molar-refractivity contribution is 5.99. The second-order valence-corrected chi connectivity index (χ2v) is 5.44. The summed E-state index contributed by atoms with van der Waals surface area (Å²) in [4.78, 5) is 18.7. The summed E-state index contributed by atoms with van der Waals surface area (Å²) in [6.45, 7) is 4.40. The molecule has 3 rings (SSSR count). The molecule has 0 spiro atoms. The Morgan fingerprint density at radius 1 is 1.40 bits per heavy atom. The maximum atomic E-state index is 12.9. The number of amides is 1. The zero-order valence-corrected chi connectivity index (χ0v) is 14.3. The Morgan fingerprint density at radius 3 is 2.92 bits per heavy atom. The molecule has 8 nitrogen and oxygen atoms in total. The Kier molecular flexibility index (Phi) is 4.78. The number of methoxy groups -OCH3 is 1. The van der Waals surface area contributed by atoms with Gasteiger partial charge < -0.3 is 14.2 Å². The third-order valence-electron chi connectivity index (χ3n) is 3.80. The van der Waals surface area contributed by atoms with Gasteiger partial charge in [-0.25, -0.2) is 0 Å². The molecule has 0 saturated heterocycles. The summed E-state index contributed by atoms with van der Waals surface area (Å²) in [6.07, 6.45) is 1.53. The molecule has 0 unspecified atom stereocenters. The summed E-state index contributed by atoms with van der Waals surface area (Å²) in [5, 5.41) is 10.8. The zero-order valence-electron chi connectivity index (χ0n) is 14.3. The van der Waals surface area contributed by atoms with E-state index in [1.165, 1.54) is 6.20 Å². The fourth-order valence-electron chi connectivity index (χ4n) is 2.52. The Labute approximate surface area is 144 Å². The van der Waals surface area contributed by atoms with E-state index in [1.54, 1.807) is 18.9 Å². The van der Waals surface area contributed by atoms with Crippen molar-refractivity contribution in [3.05, 3.63) is 47.7 Å². The number of carbonyl (C=O) groups is 1. The summed E-state index contributed by atoms with van der Waals surface area (Å²) in [6, 6.07) is 7.45. The number of nitrogens with one attached hydrogen (secondary N) is 1. The average molecular weight is 341 g/mol. The maximum Gasteiger partial charge on any atom is 0.258 e. The molecule has 130 valence electrons. The van der Waals surface area contributed by atoms with E-state index in [9.17, 15) is 4.79 Å². The minimum atomic E-state index is -0.156. The van der Waals surface area contributed by atoms with Crippen LogP contribution in [0.1, 0.15) is 29.0 Å². The van der Waals surface area contributed by atoms with Crippen molar-refractivity contribution < 1.29 is 14.1 Å². The summed E-state index contributed by atoms with van der Waals surface area (Å²) in [5.41, 5.74) is 1.95. The predicted octanol–water partition coefficient (Wildman–Crippen LogP) is 2.44. The van der Waals surface area contributed by atoms with Gasteiger partial charge in [0.25, 0.3) is 5.91 Å². The van der Waals surface area contributed by atoms with Crippen molar-refractivity contribution in [3.8, 4) is 17.0 Å². The SMILES string of the molecule is CCN(Cc1noc(C)n1)C(=O)c1cn[nH]c1-c1cccc(OC)c1. The third kappa shape index (κ3) is 3.52. The monoisotopic (exact) mass is 341 g/mol. The van der Waals surface area contributed by atoms with E-state index in [1.807, 2.05) is 31.2 Å². The van der Waals surface area contributed by atoms with Gasteiger partial charge in [-0.3, -0.25) is 9.89 Å². The maximum absolute atomic E-state index is 12.9. The standard InChI is InChI=1S/C17H19N5O3/c1-4-22(10-15-19-11(2)25-21-15)17(23)14-9-18-20-16(14)12-6-5-7-13(8-12)24-3/h5-9H,4,10H2,1-3H3,(H,18,20). The number of ether oxygens (including phenoxy) is 1. The molecule has 8 heteroatoms. The number of hydrogen-bond acceptors (Lipinski definition) is 6. The first-order valence-electron chi connectivity index (χ1n) is 7.88. The number of nitrogens with zero attached hydrogens (tertiary/aromatic N) is 4. The molecule has 1 amide bonds. The van der Waals surface area contributed by atoms with Crippen molar-refractivity contribution in [2.45, 2.75) is 20.4 Å². The molecule has 25 heavy (non-hydrogen) atoms. The van der Waals surface area contributed by atoms with Gasteiger partial charge in [0.1, 0.15) is 5.75 Å². The topological polar surface area (TPSA) is 97.1 Å². The van der Waals surface area contributed by atoms with Crippen molar-refractivity contribution >= 4 is 5.91 Å². The molecule has 0 atom stereocenters. The second kappa shape index (κ2) is 7.16. The van der Waals surface area contributed by atoms with Crippen molar-refractivity contribution in [1.29, 1.82) is 0 Å². The second-order valence-electron chi connectivity index (χ2n) is 5.44. The van der Waals surface area contributed by atoms with Crippen molar-refractivity contribution in [3.63, 3.8) is 0 Å². The molecule has 2 heterocycles. The fourth-order valence-corrected chi connectivity index (χ4v) is 2.52. The summed E-state index contributed by atoms with van der Waals surface area (Å²) >= 11 is 0. The van der Waals surface area contributed by atoms with E-state index < -0.39 is 0 Å². The van der Waals surface area contributed by atoms with Crippen LogP contribution in [0, 0.1) is 6.92 Å². The van der Waals surface area contributed by atoms with Gasteiger partial charge in [-0.05, 0) is 19.1 Å². The van der Waals surface area contributed by atoms with E-state index in [2.05, 4.69) is 20.3 Å². The number of carbonyl (C=O) groups excluding carboxylic acids is 1. The number of aromatic nitrogens is 4. The van der Waals surface area contributed by atoms with Gasteiger partial charge in [-0.2, -0.15) is 10.1 Å². The first-order chi connectivity index (χ1) is 12.1. The molecule has 0 bridgehead atoms. The van der Waals surface area contributed by atoms with Crippen LogP contribution in [0.4, 0.5) is 0 Å². The molecule has 0 aliphatic rings. The molecule has 0 fully saturated rings. The Morgan fingerprint density at radius 2 is 2.24 bits per heavy atom. The van der Waals surface area contributed by atoms with Crippen molar-refractivity contribution in [2.24, 2.45) is 0 Å². The Bertz CT molecular complexity index is 871. The molecule has 2 aromatic heterocycles. The number of aromatic amines is 1. The third-order valence-corrected chi connectivity index (χ3v) is 3.80. The van der Waals surface area contributed by atoms with Crippen molar-refractivity contribution in [2.75, 3.05) is 13.7 Å². The molecule has 0 aliphatic heterocycles. The van der Waals surface area contributed by atoms with Crippen molar-refractivity contribution in [1.82, 2.24) is 25.2 Å². The van der Waals surface area contributed by atoms with Crippen LogP contribution in [0.5, 0.6) is 5.75 Å². The van der Waals surface area contributed by atoms with Crippen LogP contribution in [-0.2, 0) is 6.54 Å². The van der Waals surface area contributed by atoms with Gasteiger partial charge in [-0.1, -0.05) is 17.3 Å². The molecule has 0 saturated carbocycles. The molecule has 0 radical (unpaired) electrons. The van der Waals surface area contributed by atoms with Crippen LogP contribution in [0.2, 0.25) is 0 Å². The lowest BCUT2D eigenvalue weighted by molar-refractivity contribution is 0.0748. The average Bonchev–Trinajstić information content (AvgIpc) is 3.28. The number of H-pyrrole nitrogens is 1. The molecule has 0 aliphatic carbocycles. The minimum Gasteiger partial charge on any atom is -0.497 e. The van der Waals surface area contributed by atoms with E-state index in [0.29, 0.717) is 35.3 Å². The van der Waals surface area contributed by atoms with E-state index in [4.69, 9.17) is 9.26 Å².